The Kier molecular flexibility index (Phi) is 4.89. The summed E-state index contributed by atoms with van der Waals surface area (Å²) in [5, 5.41) is 27.0. The van der Waals surface area contributed by atoms with Gasteiger partial charge in [-0.1, -0.05) is 0 Å². The summed E-state index contributed by atoms with van der Waals surface area (Å²) >= 11 is 0. The van der Waals surface area contributed by atoms with Crippen LogP contribution in [-0.4, -0.2) is 63.0 Å². The van der Waals surface area contributed by atoms with Gasteiger partial charge in [-0.05, 0) is 49.7 Å². The maximum Gasteiger partial charge on any atom is 0.240 e. The molecule has 162 valence electrons. The number of carbonyl (C=O) groups excluding carboxylic acids is 1. The van der Waals surface area contributed by atoms with E-state index in [0.717, 1.165) is 6.07 Å². The fourth-order valence-corrected chi connectivity index (χ4v) is 6.33. The summed E-state index contributed by atoms with van der Waals surface area (Å²) in [4.78, 5) is 13.3. The second kappa shape index (κ2) is 7.05. The summed E-state index contributed by atoms with van der Waals surface area (Å²) in [5.74, 6) is -0.393. The molecule has 1 amide bonds. The minimum absolute atomic E-state index is 0.133. The van der Waals surface area contributed by atoms with Crippen LogP contribution in [0.5, 0.6) is 0 Å². The minimum atomic E-state index is -4.61. The summed E-state index contributed by atoms with van der Waals surface area (Å²) in [6.45, 7) is 1.72. The summed E-state index contributed by atoms with van der Waals surface area (Å²) in [7, 11) is -9.07. The van der Waals surface area contributed by atoms with Crippen LogP contribution in [0.1, 0.15) is 19.3 Å². The van der Waals surface area contributed by atoms with Crippen molar-refractivity contribution in [2.45, 2.75) is 29.1 Å². The Labute approximate surface area is 172 Å². The van der Waals surface area contributed by atoms with Crippen molar-refractivity contribution in [1.82, 2.24) is 25.9 Å². The Hall–Kier alpha value is -2.46. The molecular weight excluding hydrogens is 436 g/mol. The van der Waals surface area contributed by atoms with Gasteiger partial charge in [0.25, 0.3) is 0 Å². The molecule has 2 aliphatic heterocycles. The molecule has 13 nitrogen and oxygen atoms in total. The van der Waals surface area contributed by atoms with Gasteiger partial charge in [-0.25, -0.2) is 27.1 Å². The van der Waals surface area contributed by atoms with E-state index in [1.807, 2.05) is 0 Å². The lowest BCUT2D eigenvalue weighted by Crippen LogP contribution is -2.43. The number of nitrogens with zero attached hydrogens (tertiary/aromatic N) is 4. The van der Waals surface area contributed by atoms with Crippen LogP contribution >= 0.6 is 0 Å². The number of hydrogen-bond donors (Lipinski definition) is 4. The van der Waals surface area contributed by atoms with Crippen LogP contribution in [0.4, 0.5) is 5.69 Å². The largest absolute Gasteiger partial charge is 0.317 e. The van der Waals surface area contributed by atoms with Crippen molar-refractivity contribution >= 4 is 31.6 Å². The molecule has 0 bridgehead atoms. The number of nitrogens with one attached hydrogen (secondary N) is 2. The van der Waals surface area contributed by atoms with Gasteiger partial charge >= 0.3 is 0 Å². The van der Waals surface area contributed by atoms with Gasteiger partial charge in [-0.3, -0.25) is 4.79 Å². The molecular formula is C15H20N8O5S2. The highest BCUT2D eigenvalue weighted by molar-refractivity contribution is 7.92. The molecule has 6 N–H and O–H groups in total. The standard InChI is InChI=1S/C15H20N8O5S2/c16-29(25,26)10-2-1-9(11(12(10)30(17,27)28)13-19-21-22-20-13)23-8-5-15(14(23)24)3-6-18-7-4-15/h1-2,18H,3-8H2,(H2,16,25,26)(H2,17,27,28)(H,19,20,21,22). The number of aromatic amines is 1. The fraction of sp³-hybridized carbons (Fsp3) is 0.467. The van der Waals surface area contributed by atoms with Crippen molar-refractivity contribution in [2.24, 2.45) is 15.7 Å². The van der Waals surface area contributed by atoms with Gasteiger partial charge in [-0.2, -0.15) is 5.21 Å². The molecule has 2 aromatic rings. The number of H-pyrrole nitrogens is 1. The van der Waals surface area contributed by atoms with E-state index >= 15 is 0 Å². The fourth-order valence-electron chi connectivity index (χ4n) is 4.19. The first-order valence-electron chi connectivity index (χ1n) is 9.04. The lowest BCUT2D eigenvalue weighted by Gasteiger charge is -2.32. The second-order valence-corrected chi connectivity index (χ2v) is 10.4. The van der Waals surface area contributed by atoms with Crippen LogP contribution in [0, 0.1) is 5.41 Å². The second-order valence-electron chi connectivity index (χ2n) is 7.35. The zero-order chi connectivity index (χ0) is 21.7. The third-order valence-electron chi connectivity index (χ3n) is 5.62. The van der Waals surface area contributed by atoms with Gasteiger partial charge in [0.15, 0.2) is 0 Å². The molecule has 2 fully saturated rings. The van der Waals surface area contributed by atoms with Gasteiger partial charge in [0.2, 0.25) is 31.8 Å². The molecule has 1 aromatic carbocycles. The number of anilines is 1. The quantitative estimate of drug-likeness (QED) is 0.411. The van der Waals surface area contributed by atoms with Gasteiger partial charge in [0, 0.05) is 6.54 Å². The van der Waals surface area contributed by atoms with Crippen molar-refractivity contribution in [3.63, 3.8) is 0 Å². The van der Waals surface area contributed by atoms with Crippen LogP contribution in [0.2, 0.25) is 0 Å². The zero-order valence-electron chi connectivity index (χ0n) is 15.7. The van der Waals surface area contributed by atoms with Gasteiger partial charge in [-0.15, -0.1) is 10.2 Å². The molecule has 2 aliphatic rings. The molecule has 2 saturated heterocycles. The lowest BCUT2D eigenvalue weighted by molar-refractivity contribution is -0.126. The maximum atomic E-state index is 13.4. The summed E-state index contributed by atoms with van der Waals surface area (Å²) in [5.41, 5.74) is -0.662. The Morgan fingerprint density at radius 2 is 1.73 bits per heavy atom. The van der Waals surface area contributed by atoms with Crippen molar-refractivity contribution in [2.75, 3.05) is 24.5 Å². The zero-order valence-corrected chi connectivity index (χ0v) is 17.3. The van der Waals surface area contributed by atoms with Crippen LogP contribution < -0.4 is 20.5 Å². The Balaban J connectivity index is 1.97. The van der Waals surface area contributed by atoms with Crippen LogP contribution in [0.3, 0.4) is 0 Å². The number of tetrazole rings is 1. The lowest BCUT2D eigenvalue weighted by atomic mass is 9.77. The third kappa shape index (κ3) is 3.37. The number of primary sulfonamides is 2. The first-order valence-corrected chi connectivity index (χ1v) is 12.1. The predicted molar refractivity (Wildman–Crippen MR) is 104 cm³/mol. The molecule has 0 atom stereocenters. The molecule has 1 aromatic heterocycles. The highest BCUT2D eigenvalue weighted by atomic mass is 32.2. The van der Waals surface area contributed by atoms with Gasteiger partial charge < -0.3 is 10.2 Å². The number of hydrogen-bond acceptors (Lipinski definition) is 9. The van der Waals surface area contributed by atoms with E-state index < -0.39 is 35.3 Å². The van der Waals surface area contributed by atoms with Crippen molar-refractivity contribution in [1.29, 1.82) is 0 Å². The predicted octanol–water partition coefficient (Wildman–Crippen LogP) is -1.73. The van der Waals surface area contributed by atoms with E-state index in [9.17, 15) is 21.6 Å². The first-order chi connectivity index (χ1) is 14.0. The summed E-state index contributed by atoms with van der Waals surface area (Å²) in [6, 6.07) is 2.34. The molecule has 0 radical (unpaired) electrons. The summed E-state index contributed by atoms with van der Waals surface area (Å²) < 4.78 is 49.0. The molecule has 1 spiro atoms. The number of sulfonamides is 2. The van der Waals surface area contributed by atoms with E-state index in [0.29, 0.717) is 38.9 Å². The monoisotopic (exact) mass is 456 g/mol. The first kappa shape index (κ1) is 20.8. The average Bonchev–Trinajstić information content (AvgIpc) is 3.30. The number of piperidine rings is 1. The molecule has 30 heavy (non-hydrogen) atoms. The molecule has 3 heterocycles. The molecule has 0 aliphatic carbocycles. The number of nitrogens with two attached hydrogens (primary N) is 2. The molecule has 4 rings (SSSR count). The van der Waals surface area contributed by atoms with Gasteiger partial charge in [0.1, 0.15) is 9.79 Å². The van der Waals surface area contributed by atoms with E-state index in [-0.39, 0.29) is 23.0 Å². The van der Waals surface area contributed by atoms with E-state index in [4.69, 9.17) is 10.3 Å². The number of rotatable bonds is 4. The molecule has 15 heteroatoms. The van der Waals surface area contributed by atoms with Gasteiger partial charge in [0.05, 0.1) is 16.7 Å². The highest BCUT2D eigenvalue weighted by Crippen LogP contribution is 2.45. The smallest absolute Gasteiger partial charge is 0.240 e. The van der Waals surface area contributed by atoms with Crippen LogP contribution in [0.25, 0.3) is 11.4 Å². The SMILES string of the molecule is NS(=O)(=O)c1ccc(N2CCC3(CCNCC3)C2=O)c(-c2nn[nH]n2)c1S(N)(=O)=O. The van der Waals surface area contributed by atoms with Crippen molar-refractivity contribution < 1.29 is 21.6 Å². The number of benzene rings is 1. The topological polar surface area (TPSA) is 207 Å². The molecule has 0 saturated carbocycles. The molecule has 0 unspecified atom stereocenters. The van der Waals surface area contributed by atoms with Crippen LogP contribution in [-0.2, 0) is 24.8 Å². The Bertz CT molecular complexity index is 1200. The third-order valence-corrected chi connectivity index (χ3v) is 7.70. The summed E-state index contributed by atoms with van der Waals surface area (Å²) in [6.07, 6.45) is 1.88. The van der Waals surface area contributed by atoms with E-state index in [1.165, 1.54) is 11.0 Å². The number of aromatic nitrogens is 4. The maximum absolute atomic E-state index is 13.4. The van der Waals surface area contributed by atoms with E-state index in [2.05, 4.69) is 25.9 Å². The van der Waals surface area contributed by atoms with Crippen molar-refractivity contribution in [3.8, 4) is 11.4 Å². The van der Waals surface area contributed by atoms with Crippen LogP contribution in [0.15, 0.2) is 21.9 Å². The van der Waals surface area contributed by atoms with Crippen molar-refractivity contribution in [3.05, 3.63) is 12.1 Å². The number of amides is 1. The van der Waals surface area contributed by atoms with E-state index in [1.54, 1.807) is 0 Å². The normalized spacial score (nSPS) is 19.5. The Morgan fingerprint density at radius 1 is 1.03 bits per heavy atom. The number of carbonyl (C=O) groups is 1. The Morgan fingerprint density at radius 3 is 2.30 bits per heavy atom. The highest BCUT2D eigenvalue weighted by Gasteiger charge is 2.48. The average molecular weight is 457 g/mol. The minimum Gasteiger partial charge on any atom is -0.317 e.